The summed E-state index contributed by atoms with van der Waals surface area (Å²) in [6, 6.07) is 3.84. The maximum absolute atomic E-state index is 13.4. The summed E-state index contributed by atoms with van der Waals surface area (Å²) < 4.78 is 26.8. The van der Waals surface area contributed by atoms with Crippen LogP contribution in [0.5, 0.6) is 0 Å². The van der Waals surface area contributed by atoms with Gasteiger partial charge in [-0.05, 0) is 25.0 Å². The molecular formula is C14H18F2N2O. The molecule has 5 heteroatoms. The minimum atomic E-state index is -0.658. The van der Waals surface area contributed by atoms with E-state index in [9.17, 15) is 13.6 Å². The van der Waals surface area contributed by atoms with Gasteiger partial charge in [-0.15, -0.1) is 0 Å². The number of ketones is 1. The molecule has 0 spiro atoms. The number of carbonyl (C=O) groups excluding carboxylic acids is 1. The topological polar surface area (TPSA) is 46.3 Å². The highest BCUT2D eigenvalue weighted by atomic mass is 19.1. The lowest BCUT2D eigenvalue weighted by molar-refractivity contribution is -0.119. The van der Waals surface area contributed by atoms with E-state index in [1.807, 2.05) is 4.90 Å². The van der Waals surface area contributed by atoms with Crippen LogP contribution in [-0.2, 0) is 11.2 Å². The third-order valence-corrected chi connectivity index (χ3v) is 3.47. The van der Waals surface area contributed by atoms with Gasteiger partial charge in [-0.25, -0.2) is 8.78 Å². The van der Waals surface area contributed by atoms with Crippen molar-refractivity contribution in [1.82, 2.24) is 4.90 Å². The summed E-state index contributed by atoms with van der Waals surface area (Å²) >= 11 is 0. The first-order valence-electron chi connectivity index (χ1n) is 6.49. The Morgan fingerprint density at radius 1 is 1.26 bits per heavy atom. The van der Waals surface area contributed by atoms with E-state index in [2.05, 4.69) is 0 Å². The molecule has 1 fully saturated rings. The Bertz CT molecular complexity index is 437. The van der Waals surface area contributed by atoms with Crippen molar-refractivity contribution in [2.45, 2.75) is 25.3 Å². The number of piperidine rings is 1. The normalized spacial score (nSPS) is 17.6. The molecule has 0 amide bonds. The van der Waals surface area contributed by atoms with Gasteiger partial charge < -0.3 is 5.73 Å². The third kappa shape index (κ3) is 3.81. The van der Waals surface area contributed by atoms with Gasteiger partial charge in [-0.3, -0.25) is 9.69 Å². The van der Waals surface area contributed by atoms with Crippen molar-refractivity contribution in [3.8, 4) is 0 Å². The Morgan fingerprint density at radius 3 is 2.42 bits per heavy atom. The average molecular weight is 268 g/mol. The lowest BCUT2D eigenvalue weighted by Crippen LogP contribution is -2.42. The predicted molar refractivity (Wildman–Crippen MR) is 68.7 cm³/mol. The largest absolute Gasteiger partial charge is 0.328 e. The molecule has 2 rings (SSSR count). The van der Waals surface area contributed by atoms with E-state index in [-0.39, 0.29) is 30.4 Å². The second-order valence-electron chi connectivity index (χ2n) is 5.03. The zero-order valence-electron chi connectivity index (χ0n) is 10.7. The molecule has 0 aromatic heterocycles. The number of hydrogen-bond acceptors (Lipinski definition) is 3. The van der Waals surface area contributed by atoms with E-state index in [0.717, 1.165) is 25.9 Å². The van der Waals surface area contributed by atoms with Gasteiger partial charge in [0.25, 0.3) is 0 Å². The van der Waals surface area contributed by atoms with Crippen LogP contribution in [0.2, 0.25) is 0 Å². The second-order valence-corrected chi connectivity index (χ2v) is 5.03. The van der Waals surface area contributed by atoms with Crippen LogP contribution >= 0.6 is 0 Å². The number of benzene rings is 1. The molecule has 1 aliphatic heterocycles. The van der Waals surface area contributed by atoms with Crippen molar-refractivity contribution < 1.29 is 13.6 Å². The maximum Gasteiger partial charge on any atom is 0.151 e. The Labute approximate surface area is 111 Å². The number of halogens is 2. The molecule has 2 N–H and O–H groups in total. The number of nitrogens with zero attached hydrogens (tertiary/aromatic N) is 1. The summed E-state index contributed by atoms with van der Waals surface area (Å²) in [6.45, 7) is 1.78. The molecular weight excluding hydrogens is 250 g/mol. The van der Waals surface area contributed by atoms with Crippen LogP contribution in [0.25, 0.3) is 0 Å². The zero-order chi connectivity index (χ0) is 13.8. The molecule has 0 atom stereocenters. The fourth-order valence-electron chi connectivity index (χ4n) is 2.31. The molecule has 1 saturated heterocycles. The van der Waals surface area contributed by atoms with Gasteiger partial charge in [0.2, 0.25) is 0 Å². The summed E-state index contributed by atoms with van der Waals surface area (Å²) in [5.74, 6) is -1.48. The Kier molecular flexibility index (Phi) is 4.61. The number of likely N-dealkylation sites (tertiary alicyclic amines) is 1. The molecule has 1 aromatic carbocycles. The number of nitrogens with two attached hydrogens (primary N) is 1. The smallest absolute Gasteiger partial charge is 0.151 e. The third-order valence-electron chi connectivity index (χ3n) is 3.47. The summed E-state index contributed by atoms with van der Waals surface area (Å²) in [6.07, 6.45) is 1.53. The average Bonchev–Trinajstić information content (AvgIpc) is 2.37. The number of carbonyl (C=O) groups is 1. The predicted octanol–water partition coefficient (Wildman–Crippen LogP) is 1.50. The van der Waals surface area contributed by atoms with Gasteiger partial charge in [0.05, 0.1) is 6.54 Å². The summed E-state index contributed by atoms with van der Waals surface area (Å²) in [5.41, 5.74) is 5.64. The van der Waals surface area contributed by atoms with Gasteiger partial charge in [0, 0.05) is 31.1 Å². The van der Waals surface area contributed by atoms with Gasteiger partial charge in [-0.1, -0.05) is 6.07 Å². The highest BCUT2D eigenvalue weighted by molar-refractivity contribution is 5.82. The minimum Gasteiger partial charge on any atom is -0.328 e. The van der Waals surface area contributed by atoms with Crippen molar-refractivity contribution in [3.63, 3.8) is 0 Å². The van der Waals surface area contributed by atoms with Crippen LogP contribution in [0.15, 0.2) is 18.2 Å². The molecule has 0 bridgehead atoms. The van der Waals surface area contributed by atoms with E-state index in [1.54, 1.807) is 0 Å². The van der Waals surface area contributed by atoms with E-state index >= 15 is 0 Å². The number of rotatable bonds is 4. The Morgan fingerprint density at radius 2 is 1.84 bits per heavy atom. The molecule has 0 radical (unpaired) electrons. The summed E-state index contributed by atoms with van der Waals surface area (Å²) in [4.78, 5) is 13.9. The van der Waals surface area contributed by atoms with Gasteiger partial charge in [0.1, 0.15) is 11.6 Å². The van der Waals surface area contributed by atoms with Gasteiger partial charge >= 0.3 is 0 Å². The molecule has 0 unspecified atom stereocenters. The lowest BCUT2D eigenvalue weighted by atomic mass is 10.0. The molecule has 1 aromatic rings. The first-order chi connectivity index (χ1) is 9.06. The standard InChI is InChI=1S/C14H18F2N2O/c15-13-2-1-3-14(16)12(13)8-11(19)9-18-6-4-10(17)5-7-18/h1-3,10H,4-9,17H2. The molecule has 1 heterocycles. The van der Waals surface area contributed by atoms with Crippen LogP contribution in [0.3, 0.4) is 0 Å². The fourth-order valence-corrected chi connectivity index (χ4v) is 2.31. The molecule has 104 valence electrons. The maximum atomic E-state index is 13.4. The fraction of sp³-hybridized carbons (Fsp3) is 0.500. The molecule has 0 saturated carbocycles. The summed E-state index contributed by atoms with van der Waals surface area (Å²) in [5, 5.41) is 0. The van der Waals surface area contributed by atoms with Crippen molar-refractivity contribution in [2.75, 3.05) is 19.6 Å². The van der Waals surface area contributed by atoms with E-state index in [0.29, 0.717) is 0 Å². The van der Waals surface area contributed by atoms with Gasteiger partial charge in [0.15, 0.2) is 5.78 Å². The SMILES string of the molecule is NC1CCN(CC(=O)Cc2c(F)cccc2F)CC1. The van der Waals surface area contributed by atoms with Crippen molar-refractivity contribution in [3.05, 3.63) is 35.4 Å². The molecule has 0 aliphatic carbocycles. The van der Waals surface area contributed by atoms with Crippen LogP contribution in [0.1, 0.15) is 18.4 Å². The van der Waals surface area contributed by atoms with Gasteiger partial charge in [-0.2, -0.15) is 0 Å². The van der Waals surface area contributed by atoms with E-state index in [1.165, 1.54) is 18.2 Å². The van der Waals surface area contributed by atoms with Crippen molar-refractivity contribution in [1.29, 1.82) is 0 Å². The van der Waals surface area contributed by atoms with Crippen LogP contribution in [0.4, 0.5) is 8.78 Å². The molecule has 19 heavy (non-hydrogen) atoms. The highest BCUT2D eigenvalue weighted by Crippen LogP contribution is 2.14. The monoisotopic (exact) mass is 268 g/mol. The van der Waals surface area contributed by atoms with Crippen molar-refractivity contribution >= 4 is 5.78 Å². The zero-order valence-corrected chi connectivity index (χ0v) is 10.7. The molecule has 1 aliphatic rings. The van der Waals surface area contributed by atoms with E-state index in [4.69, 9.17) is 5.73 Å². The van der Waals surface area contributed by atoms with Crippen LogP contribution in [0, 0.1) is 11.6 Å². The van der Waals surface area contributed by atoms with E-state index < -0.39 is 11.6 Å². The lowest BCUT2D eigenvalue weighted by Gasteiger charge is -2.29. The molecule has 3 nitrogen and oxygen atoms in total. The Balaban J connectivity index is 1.91. The first kappa shape index (κ1) is 14.1. The first-order valence-corrected chi connectivity index (χ1v) is 6.49. The van der Waals surface area contributed by atoms with Crippen molar-refractivity contribution in [2.24, 2.45) is 5.73 Å². The quantitative estimate of drug-likeness (QED) is 0.900. The minimum absolute atomic E-state index is 0.138. The number of Topliss-reactive ketones (excluding diaryl/α,β-unsaturated/α-hetero) is 1. The summed E-state index contributed by atoms with van der Waals surface area (Å²) in [7, 11) is 0. The Hall–Kier alpha value is -1.33. The van der Waals surface area contributed by atoms with Crippen LogP contribution < -0.4 is 5.73 Å². The van der Waals surface area contributed by atoms with Crippen LogP contribution in [-0.4, -0.2) is 36.4 Å². The number of hydrogen-bond donors (Lipinski definition) is 1. The second kappa shape index (κ2) is 6.21. The highest BCUT2D eigenvalue weighted by Gasteiger charge is 2.19.